The van der Waals surface area contributed by atoms with Crippen molar-refractivity contribution in [1.29, 1.82) is 0 Å². The smallest absolute Gasteiger partial charge is 0.382 e. The first-order chi connectivity index (χ1) is 16.0. The van der Waals surface area contributed by atoms with Crippen molar-refractivity contribution in [2.24, 2.45) is 11.3 Å². The van der Waals surface area contributed by atoms with Crippen LogP contribution in [0.1, 0.15) is 48.2 Å². The number of hydrogen-bond donors (Lipinski definition) is 2. The lowest BCUT2D eigenvalue weighted by molar-refractivity contribution is -0.122. The number of alkyl halides is 3. The van der Waals surface area contributed by atoms with E-state index in [0.717, 1.165) is 38.8 Å². The highest BCUT2D eigenvalue weighted by molar-refractivity contribution is 5.82. The fourth-order valence-electron chi connectivity index (χ4n) is 5.08. The third-order valence-corrected chi connectivity index (χ3v) is 6.81. The van der Waals surface area contributed by atoms with Gasteiger partial charge in [-0.05, 0) is 50.3 Å². The van der Waals surface area contributed by atoms with Crippen LogP contribution in [0.4, 0.5) is 13.2 Å². The number of hydrogen-bond acceptors (Lipinski definition) is 4. The van der Waals surface area contributed by atoms with Crippen LogP contribution in [0, 0.1) is 11.3 Å². The molecule has 4 rings (SSSR count). The van der Waals surface area contributed by atoms with Gasteiger partial charge in [0.05, 0.1) is 17.0 Å². The topological polar surface area (TPSA) is 57.3 Å². The molecule has 34 heavy (non-hydrogen) atoms. The fourth-order valence-corrected chi connectivity index (χ4v) is 5.08. The molecule has 5 nitrogen and oxygen atoms in total. The van der Waals surface area contributed by atoms with Crippen molar-refractivity contribution < 1.29 is 18.0 Å². The van der Waals surface area contributed by atoms with Crippen LogP contribution in [0.2, 0.25) is 0 Å². The Morgan fingerprint density at radius 3 is 2.53 bits per heavy atom. The van der Waals surface area contributed by atoms with E-state index in [-0.39, 0.29) is 35.7 Å². The highest BCUT2D eigenvalue weighted by atomic mass is 19.4. The average Bonchev–Trinajstić information content (AvgIpc) is 3.57. The first-order valence-corrected chi connectivity index (χ1v) is 11.5. The van der Waals surface area contributed by atoms with Gasteiger partial charge in [-0.3, -0.25) is 4.79 Å². The second kappa shape index (κ2) is 9.06. The zero-order valence-electron chi connectivity index (χ0n) is 19.5. The molecule has 182 valence electrons. The number of nitrogens with zero attached hydrogens (tertiary/aromatic N) is 2. The van der Waals surface area contributed by atoms with Gasteiger partial charge in [-0.2, -0.15) is 13.2 Å². The van der Waals surface area contributed by atoms with Crippen LogP contribution < -0.4 is 10.6 Å². The first kappa shape index (κ1) is 24.3. The number of nitrogens with one attached hydrogen (secondary N) is 2. The molecule has 3 fully saturated rings. The Morgan fingerprint density at radius 1 is 1.29 bits per heavy atom. The van der Waals surface area contributed by atoms with Crippen molar-refractivity contribution in [3.05, 3.63) is 54.4 Å². The quantitative estimate of drug-likeness (QED) is 0.556. The predicted octanol–water partition coefficient (Wildman–Crippen LogP) is 4.49. The van der Waals surface area contributed by atoms with Gasteiger partial charge in [0.25, 0.3) is 0 Å². The summed E-state index contributed by atoms with van der Waals surface area (Å²) >= 11 is 0. The Kier molecular flexibility index (Phi) is 6.46. The van der Waals surface area contributed by atoms with Gasteiger partial charge < -0.3 is 15.5 Å². The number of amides is 1. The Morgan fingerprint density at radius 2 is 1.97 bits per heavy atom. The molecule has 0 unspecified atom stereocenters. The molecular formula is C26H31F3N4O. The normalized spacial score (nSPS) is 20.0. The summed E-state index contributed by atoms with van der Waals surface area (Å²) < 4.78 is 40.6. The zero-order valence-corrected chi connectivity index (χ0v) is 19.5. The maximum absolute atomic E-state index is 13.5. The average molecular weight is 473 g/mol. The molecule has 0 aromatic carbocycles. The maximum Gasteiger partial charge on any atom is 0.417 e. The summed E-state index contributed by atoms with van der Waals surface area (Å²) in [6, 6.07) is 1.93. The maximum atomic E-state index is 13.5. The Hall–Kier alpha value is -2.87. The van der Waals surface area contributed by atoms with E-state index in [1.54, 1.807) is 18.2 Å². The fraction of sp³-hybridized carbons (Fsp3) is 0.462. The number of likely N-dealkylation sites (tertiary alicyclic amines) is 1. The summed E-state index contributed by atoms with van der Waals surface area (Å²) in [5, 5.41) is 6.20. The minimum Gasteiger partial charge on any atom is -0.382 e. The second-order valence-corrected chi connectivity index (χ2v) is 9.86. The predicted molar refractivity (Wildman–Crippen MR) is 129 cm³/mol. The van der Waals surface area contributed by atoms with Gasteiger partial charge >= 0.3 is 6.18 Å². The summed E-state index contributed by atoms with van der Waals surface area (Å²) in [6.07, 6.45) is 3.86. The highest BCUT2D eigenvalue weighted by Gasteiger charge is 2.51. The van der Waals surface area contributed by atoms with E-state index in [0.29, 0.717) is 22.4 Å². The lowest BCUT2D eigenvalue weighted by Gasteiger charge is -2.58. The zero-order chi connectivity index (χ0) is 24.7. The number of aromatic nitrogens is 1. The van der Waals surface area contributed by atoms with E-state index in [1.165, 1.54) is 6.08 Å². The molecule has 2 N–H and O–H groups in total. The van der Waals surface area contributed by atoms with Crippen molar-refractivity contribution >= 4 is 29.3 Å². The molecular weight excluding hydrogens is 441 g/mol. The number of carbonyl (C=O) groups is 1. The van der Waals surface area contributed by atoms with E-state index in [9.17, 15) is 18.0 Å². The molecule has 1 aliphatic heterocycles. The van der Waals surface area contributed by atoms with Crippen LogP contribution in [-0.2, 0) is 4.79 Å². The summed E-state index contributed by atoms with van der Waals surface area (Å²) in [4.78, 5) is 18.3. The molecule has 1 aromatic rings. The molecule has 3 aliphatic rings. The molecule has 1 aromatic heterocycles. The van der Waals surface area contributed by atoms with E-state index in [1.807, 2.05) is 0 Å². The number of halogens is 3. The van der Waals surface area contributed by atoms with Gasteiger partial charge in [-0.15, -0.1) is 0 Å². The Balaban J connectivity index is 1.54. The number of allylic oxidation sites excluding steroid dienone is 1. The van der Waals surface area contributed by atoms with Crippen LogP contribution in [0.25, 0.3) is 23.4 Å². The van der Waals surface area contributed by atoms with Crippen molar-refractivity contribution in [3.8, 4) is 0 Å². The van der Waals surface area contributed by atoms with Crippen LogP contribution in [-0.4, -0.2) is 54.7 Å². The Bertz CT molecular complexity index is 1040. The van der Waals surface area contributed by atoms with Crippen molar-refractivity contribution in [2.45, 2.75) is 37.9 Å². The summed E-state index contributed by atoms with van der Waals surface area (Å²) in [5.74, 6) is 0.0899. The van der Waals surface area contributed by atoms with Crippen molar-refractivity contribution in [3.63, 3.8) is 0 Å². The molecule has 1 amide bonds. The third-order valence-electron chi connectivity index (χ3n) is 6.81. The molecule has 2 saturated carbocycles. The molecule has 2 heterocycles. The van der Waals surface area contributed by atoms with Crippen LogP contribution in [0.5, 0.6) is 0 Å². The monoisotopic (exact) mass is 472 g/mol. The summed E-state index contributed by atoms with van der Waals surface area (Å²) in [6.45, 7) is 13.5. The van der Waals surface area contributed by atoms with Gasteiger partial charge in [0, 0.05) is 48.4 Å². The molecule has 2 aliphatic carbocycles. The van der Waals surface area contributed by atoms with Gasteiger partial charge in [0.2, 0.25) is 5.91 Å². The summed E-state index contributed by atoms with van der Waals surface area (Å²) in [5.41, 5.74) is 0.688. The van der Waals surface area contributed by atoms with Crippen LogP contribution in [0.3, 0.4) is 0 Å². The lowest BCUT2D eigenvalue weighted by Crippen LogP contribution is -2.64. The molecule has 8 heteroatoms. The van der Waals surface area contributed by atoms with Gasteiger partial charge in [0.1, 0.15) is 0 Å². The van der Waals surface area contributed by atoms with Crippen molar-refractivity contribution in [1.82, 2.24) is 20.5 Å². The van der Waals surface area contributed by atoms with E-state index in [2.05, 4.69) is 47.3 Å². The van der Waals surface area contributed by atoms with Gasteiger partial charge in [0.15, 0.2) is 0 Å². The highest BCUT2D eigenvalue weighted by Crippen LogP contribution is 2.48. The minimum absolute atomic E-state index is 0.0000499. The number of rotatable bonds is 9. The molecule has 0 bridgehead atoms. The largest absolute Gasteiger partial charge is 0.417 e. The molecule has 1 spiro atoms. The molecule has 0 atom stereocenters. The SMILES string of the molecule is C=Cc1c(C(=C)NC2CC3(C2)CN(C)C3)cc(/C=C/CNC(=O)C2CC2)nc1C(=C)C(F)(F)F. The number of carbonyl (C=O) groups excluding carboxylic acids is 1. The van der Waals surface area contributed by atoms with Crippen LogP contribution in [0.15, 0.2) is 31.9 Å². The standard InChI is InChI=1S/C26H31F3N4O/c1-5-21-22(17(3)31-20-12-25(13-20)14-33(4)15-25)11-19(32-23(21)16(2)26(27,28)29)7-6-10-30-24(34)18-8-9-18/h5-7,11,18,20,31H,1-3,8-10,12-15H2,4H3,(H,30,34)/b7-6+. The Labute approximate surface area is 198 Å². The van der Waals surface area contributed by atoms with E-state index in [4.69, 9.17) is 0 Å². The molecule has 1 saturated heterocycles. The summed E-state index contributed by atoms with van der Waals surface area (Å²) in [7, 11) is 2.10. The van der Waals surface area contributed by atoms with E-state index < -0.39 is 11.7 Å². The van der Waals surface area contributed by atoms with E-state index >= 15 is 0 Å². The first-order valence-electron chi connectivity index (χ1n) is 11.5. The molecule has 0 radical (unpaired) electrons. The minimum atomic E-state index is -4.63. The second-order valence-electron chi connectivity index (χ2n) is 9.86. The van der Waals surface area contributed by atoms with Gasteiger partial charge in [-0.1, -0.05) is 31.9 Å². The van der Waals surface area contributed by atoms with Crippen molar-refractivity contribution in [2.75, 3.05) is 26.7 Å². The lowest BCUT2D eigenvalue weighted by atomic mass is 9.61. The van der Waals surface area contributed by atoms with Crippen LogP contribution >= 0.6 is 0 Å². The third kappa shape index (κ3) is 5.12. The number of pyridine rings is 1. The van der Waals surface area contributed by atoms with Gasteiger partial charge in [-0.25, -0.2) is 4.98 Å².